The molecule has 1 aromatic heterocycles. The third kappa shape index (κ3) is 2.24. The molecule has 0 N–H and O–H groups in total. The third-order valence-electron chi connectivity index (χ3n) is 2.53. The molecule has 3 rings (SSSR count). The first kappa shape index (κ1) is 12.2. The van der Waals surface area contributed by atoms with Crippen molar-refractivity contribution in [3.05, 3.63) is 54.7 Å². The summed E-state index contributed by atoms with van der Waals surface area (Å²) in [5, 5.41) is 5.62. The van der Waals surface area contributed by atoms with Crippen LogP contribution in [0.1, 0.15) is 0 Å². The van der Waals surface area contributed by atoms with E-state index in [9.17, 15) is 0 Å². The van der Waals surface area contributed by atoms with Crippen molar-refractivity contribution in [3.8, 4) is 5.69 Å². The predicted molar refractivity (Wildman–Crippen MR) is 66.7 cm³/mol. The van der Waals surface area contributed by atoms with Gasteiger partial charge in [-0.3, -0.25) is 0 Å². The Balaban J connectivity index is 0.00000108. The zero-order valence-electron chi connectivity index (χ0n) is 9.21. The number of para-hydroxylation sites is 1. The largest absolute Gasteiger partial charge is 0.778 e. The molecule has 0 saturated carbocycles. The molecule has 17 heavy (non-hydrogen) atoms. The van der Waals surface area contributed by atoms with Gasteiger partial charge in [0, 0.05) is 36.7 Å². The van der Waals surface area contributed by atoms with E-state index in [1.807, 2.05) is 59.4 Å². The molecule has 0 unspecified atom stereocenters. The van der Waals surface area contributed by atoms with E-state index >= 15 is 0 Å². The maximum atomic E-state index is 5.28. The second-order valence-corrected chi connectivity index (χ2v) is 4.04. The fraction of sp³-hybridized carbons (Fsp3) is 0. The molecule has 2 nitrogen and oxygen atoms in total. The van der Waals surface area contributed by atoms with Gasteiger partial charge in [-0.05, 0) is 12.1 Å². The summed E-state index contributed by atoms with van der Waals surface area (Å²) < 4.78 is 1.84. The zero-order chi connectivity index (χ0) is 11.0. The molecule has 0 aliphatic rings. The second kappa shape index (κ2) is 4.95. The Kier molecular flexibility index (Phi) is 3.55. The van der Waals surface area contributed by atoms with Gasteiger partial charge < -0.3 is 12.6 Å². The summed E-state index contributed by atoms with van der Waals surface area (Å²) in [6, 6.07) is 15.8. The minimum Gasteiger partial charge on any atom is -0.778 e. The van der Waals surface area contributed by atoms with E-state index in [0.717, 1.165) is 21.5 Å². The summed E-state index contributed by atoms with van der Waals surface area (Å²) in [6.07, 6.45) is 2.00. The first-order valence-corrected chi connectivity index (χ1v) is 5.46. The number of aromatic nitrogens is 2. The van der Waals surface area contributed by atoms with Gasteiger partial charge in [0.2, 0.25) is 0 Å². The number of hydrogen-bond acceptors (Lipinski definition) is 2. The number of rotatable bonds is 1. The van der Waals surface area contributed by atoms with Crippen molar-refractivity contribution < 1.29 is 19.5 Å². The van der Waals surface area contributed by atoms with Crippen LogP contribution in [0, 0.1) is 0 Å². The van der Waals surface area contributed by atoms with E-state index < -0.39 is 0 Å². The van der Waals surface area contributed by atoms with Crippen molar-refractivity contribution in [2.45, 2.75) is 4.90 Å². The number of fused-ring (bicyclic) bond motifs is 1. The summed E-state index contributed by atoms with van der Waals surface area (Å²) in [7, 11) is 0. The fourth-order valence-corrected chi connectivity index (χ4v) is 1.97. The smallest absolute Gasteiger partial charge is 0.0927 e. The first-order chi connectivity index (χ1) is 7.84. The molecule has 0 spiro atoms. The van der Waals surface area contributed by atoms with E-state index in [0.29, 0.717) is 0 Å². The van der Waals surface area contributed by atoms with Crippen LogP contribution < -0.4 is 0 Å². The van der Waals surface area contributed by atoms with Crippen LogP contribution in [-0.4, -0.2) is 9.78 Å². The quantitative estimate of drug-likeness (QED) is 0.506. The van der Waals surface area contributed by atoms with Gasteiger partial charge >= 0.3 is 0 Å². The maximum absolute atomic E-state index is 5.28. The van der Waals surface area contributed by atoms with Crippen molar-refractivity contribution >= 4 is 23.5 Å². The monoisotopic (exact) mass is 289 g/mol. The van der Waals surface area contributed by atoms with Gasteiger partial charge in [0.15, 0.2) is 0 Å². The van der Waals surface area contributed by atoms with Gasteiger partial charge in [0.05, 0.1) is 5.52 Å². The van der Waals surface area contributed by atoms with Crippen LogP contribution in [0.2, 0.25) is 0 Å². The zero-order valence-corrected chi connectivity index (χ0v) is 13.0. The van der Waals surface area contributed by atoms with E-state index in [4.69, 9.17) is 12.6 Å². The van der Waals surface area contributed by atoms with Crippen LogP contribution in [0.3, 0.4) is 0 Å². The van der Waals surface area contributed by atoms with E-state index in [-0.39, 0.29) is 19.5 Å². The van der Waals surface area contributed by atoms with Crippen LogP contribution in [-0.2, 0) is 32.1 Å². The molecule has 0 bridgehead atoms. The molecule has 0 atom stereocenters. The molecule has 1 heterocycles. The van der Waals surface area contributed by atoms with Crippen molar-refractivity contribution in [2.75, 3.05) is 0 Å². The van der Waals surface area contributed by atoms with E-state index in [2.05, 4.69) is 5.10 Å². The predicted octanol–water partition coefficient (Wildman–Crippen LogP) is 2.93. The summed E-state index contributed by atoms with van der Waals surface area (Å²) >= 11 is 5.28. The van der Waals surface area contributed by atoms with Crippen molar-refractivity contribution in [3.63, 3.8) is 0 Å². The Morgan fingerprint density at radius 2 is 1.65 bits per heavy atom. The van der Waals surface area contributed by atoms with Gasteiger partial charge in [-0.2, -0.15) is 5.10 Å². The van der Waals surface area contributed by atoms with Crippen molar-refractivity contribution in [2.24, 2.45) is 0 Å². The molecule has 0 fully saturated rings. The summed E-state index contributed by atoms with van der Waals surface area (Å²) in [5.74, 6) is 0. The van der Waals surface area contributed by atoms with Crippen molar-refractivity contribution in [1.29, 1.82) is 0 Å². The van der Waals surface area contributed by atoms with E-state index in [1.54, 1.807) is 0 Å². The molecule has 0 saturated heterocycles. The first-order valence-electron chi connectivity index (χ1n) is 5.05. The van der Waals surface area contributed by atoms with Crippen LogP contribution >= 0.6 is 0 Å². The Labute approximate surface area is 118 Å². The normalized spacial score (nSPS) is 10.1. The average molecular weight is 291 g/mol. The second-order valence-electron chi connectivity index (χ2n) is 3.60. The molecule has 3 aromatic rings. The van der Waals surface area contributed by atoms with Crippen LogP contribution in [0.15, 0.2) is 59.6 Å². The Morgan fingerprint density at radius 1 is 0.941 bits per heavy atom. The summed E-state index contributed by atoms with van der Waals surface area (Å²) in [5.41, 5.74) is 1.94. The van der Waals surface area contributed by atoms with E-state index in [1.165, 1.54) is 0 Å². The van der Waals surface area contributed by atoms with Gasteiger partial charge in [-0.15, -0.1) is 4.90 Å². The van der Waals surface area contributed by atoms with Crippen molar-refractivity contribution in [1.82, 2.24) is 9.78 Å². The standard InChI is InChI=1S/C13H10N2S.Zn/c16-13-8-4-3-7-12(13)15-9-10-5-1-2-6-11(10)14-15;/h1-9,16H;/p-1. The van der Waals surface area contributed by atoms with Gasteiger partial charge in [-0.25, -0.2) is 4.68 Å². The Bertz CT molecular complexity index is 615. The van der Waals surface area contributed by atoms with Gasteiger partial charge in [0.25, 0.3) is 0 Å². The van der Waals surface area contributed by atoms with Gasteiger partial charge in [0.1, 0.15) is 0 Å². The number of hydrogen-bond donors (Lipinski definition) is 0. The molecule has 0 aliphatic carbocycles. The topological polar surface area (TPSA) is 17.8 Å². The maximum Gasteiger partial charge on any atom is 0.0927 e. The fourth-order valence-electron chi connectivity index (χ4n) is 1.73. The SMILES string of the molecule is [S-]c1ccccc1-n1cc2ccccc2n1.[Zn]. The molecule has 0 amide bonds. The van der Waals surface area contributed by atoms with Crippen LogP contribution in [0.25, 0.3) is 16.6 Å². The molecular weight excluding hydrogens is 282 g/mol. The number of benzene rings is 2. The average Bonchev–Trinajstić information content (AvgIpc) is 2.73. The molecule has 80 valence electrons. The summed E-state index contributed by atoms with van der Waals surface area (Å²) in [4.78, 5) is 0.815. The Morgan fingerprint density at radius 3 is 2.41 bits per heavy atom. The third-order valence-corrected chi connectivity index (χ3v) is 2.87. The van der Waals surface area contributed by atoms with Crippen LogP contribution in [0.5, 0.6) is 0 Å². The Hall–Kier alpha value is -1.25. The molecule has 4 heteroatoms. The molecular formula is C13H9N2SZn-. The number of nitrogens with zero attached hydrogens (tertiary/aromatic N) is 2. The summed E-state index contributed by atoms with van der Waals surface area (Å²) in [6.45, 7) is 0. The molecule has 0 radical (unpaired) electrons. The van der Waals surface area contributed by atoms with Gasteiger partial charge in [-0.1, -0.05) is 36.4 Å². The molecule has 0 aliphatic heterocycles. The minimum atomic E-state index is 0. The van der Waals surface area contributed by atoms with Crippen LogP contribution in [0.4, 0.5) is 0 Å². The minimum absolute atomic E-state index is 0. The molecule has 2 aromatic carbocycles.